The number of aryl methyl sites for hydroxylation is 1. The van der Waals surface area contributed by atoms with Gasteiger partial charge in [0.1, 0.15) is 12.2 Å². The van der Waals surface area contributed by atoms with E-state index in [1.165, 1.54) is 10.2 Å². The molecule has 0 atom stereocenters. The Morgan fingerprint density at radius 2 is 1.67 bits per heavy atom. The topological polar surface area (TPSA) is 88.9 Å². The average Bonchev–Trinajstić information content (AvgIpc) is 3.16. The van der Waals surface area contributed by atoms with E-state index >= 15 is 0 Å². The minimum absolute atomic E-state index is 0.0978. The second-order valence-electron chi connectivity index (χ2n) is 6.99. The van der Waals surface area contributed by atoms with Crippen LogP contribution in [0, 0.1) is 12.8 Å². The fourth-order valence-electron chi connectivity index (χ4n) is 1.74. The van der Waals surface area contributed by atoms with E-state index in [0.717, 1.165) is 5.92 Å². The van der Waals surface area contributed by atoms with Crippen molar-refractivity contribution in [1.82, 2.24) is 25.6 Å². The predicted octanol–water partition coefficient (Wildman–Crippen LogP) is 3.78. The van der Waals surface area contributed by atoms with Crippen molar-refractivity contribution in [2.24, 2.45) is 5.92 Å². The van der Waals surface area contributed by atoms with Gasteiger partial charge in [0.2, 0.25) is 5.91 Å². The van der Waals surface area contributed by atoms with Crippen molar-refractivity contribution in [3.05, 3.63) is 47.8 Å². The van der Waals surface area contributed by atoms with E-state index in [9.17, 15) is 9.59 Å². The van der Waals surface area contributed by atoms with Gasteiger partial charge in [0.15, 0.2) is 5.78 Å². The van der Waals surface area contributed by atoms with Crippen LogP contribution in [0.5, 0.6) is 0 Å². The van der Waals surface area contributed by atoms with Gasteiger partial charge < -0.3 is 10.6 Å². The zero-order chi connectivity index (χ0) is 23.4. The highest BCUT2D eigenvalue weighted by Crippen LogP contribution is 1.94. The van der Waals surface area contributed by atoms with Gasteiger partial charge in [0.05, 0.1) is 19.3 Å². The van der Waals surface area contributed by atoms with Gasteiger partial charge in [-0.2, -0.15) is 0 Å². The molecule has 7 nitrogen and oxygen atoms in total. The summed E-state index contributed by atoms with van der Waals surface area (Å²) in [5.41, 5.74) is 1.96. The van der Waals surface area contributed by atoms with E-state index in [0.29, 0.717) is 18.7 Å². The number of amides is 1. The number of rotatable bonds is 7. The molecule has 0 saturated heterocycles. The standard InChI is InChI=1S/C10H17N5O2.C7H8.C4H10.C2H6/c1-3-9(16)7-15-6-8(13-14-15)4-12-10(17)5-11-2;1-7-5-3-2-4-6-7;1-4(2)3;1-2/h6,11H,3-5,7H2,1-2H3,(H,12,17);2-6H,1H3;4H,1-3H3;1-2H3. The van der Waals surface area contributed by atoms with Crippen LogP contribution in [0.25, 0.3) is 0 Å². The lowest BCUT2D eigenvalue weighted by Gasteiger charge is -2.00. The molecular weight excluding hydrogens is 378 g/mol. The van der Waals surface area contributed by atoms with E-state index in [1.54, 1.807) is 20.2 Å². The van der Waals surface area contributed by atoms with Crippen LogP contribution in [-0.4, -0.2) is 40.3 Å². The molecule has 0 fully saturated rings. The minimum atomic E-state index is -0.105. The summed E-state index contributed by atoms with van der Waals surface area (Å²) in [6, 6.07) is 10.3. The van der Waals surface area contributed by atoms with Gasteiger partial charge in [-0.05, 0) is 19.9 Å². The van der Waals surface area contributed by atoms with Gasteiger partial charge in [-0.15, -0.1) is 5.10 Å². The summed E-state index contributed by atoms with van der Waals surface area (Å²) in [7, 11) is 1.70. The molecule has 1 aromatic heterocycles. The second kappa shape index (κ2) is 19.8. The largest absolute Gasteiger partial charge is 0.349 e. The molecule has 0 aliphatic carbocycles. The third kappa shape index (κ3) is 18.8. The summed E-state index contributed by atoms with van der Waals surface area (Å²) in [6.07, 6.45) is 2.14. The Hall–Kier alpha value is -2.54. The molecule has 0 radical (unpaired) electrons. The van der Waals surface area contributed by atoms with E-state index in [1.807, 2.05) is 32.0 Å². The van der Waals surface area contributed by atoms with E-state index in [-0.39, 0.29) is 24.8 Å². The number of ketones is 1. The maximum Gasteiger partial charge on any atom is 0.234 e. The number of nitrogens with one attached hydrogen (secondary N) is 2. The molecule has 30 heavy (non-hydrogen) atoms. The third-order valence-electron chi connectivity index (χ3n) is 3.06. The fraction of sp³-hybridized carbons (Fsp3) is 0.565. The van der Waals surface area contributed by atoms with Crippen molar-refractivity contribution in [1.29, 1.82) is 0 Å². The van der Waals surface area contributed by atoms with Crippen LogP contribution < -0.4 is 10.6 Å². The van der Waals surface area contributed by atoms with Crippen LogP contribution in [0.2, 0.25) is 0 Å². The highest BCUT2D eigenvalue weighted by atomic mass is 16.2. The summed E-state index contributed by atoms with van der Waals surface area (Å²) in [4.78, 5) is 22.3. The van der Waals surface area contributed by atoms with Crippen LogP contribution in [0.1, 0.15) is 59.2 Å². The maximum atomic E-state index is 11.2. The van der Waals surface area contributed by atoms with Gasteiger partial charge in [-0.3, -0.25) is 9.59 Å². The molecule has 0 aliphatic heterocycles. The molecule has 0 aliphatic rings. The Balaban J connectivity index is 0. The minimum Gasteiger partial charge on any atom is -0.349 e. The van der Waals surface area contributed by atoms with Crippen molar-refractivity contribution in [2.75, 3.05) is 13.6 Å². The van der Waals surface area contributed by atoms with E-state index in [4.69, 9.17) is 0 Å². The van der Waals surface area contributed by atoms with Gasteiger partial charge in [-0.1, -0.05) is 82.7 Å². The second-order valence-corrected chi connectivity index (χ2v) is 6.99. The number of benzene rings is 1. The van der Waals surface area contributed by atoms with Gasteiger partial charge in [0, 0.05) is 6.42 Å². The molecule has 170 valence electrons. The van der Waals surface area contributed by atoms with E-state index in [2.05, 4.69) is 60.8 Å². The predicted molar refractivity (Wildman–Crippen MR) is 124 cm³/mol. The Bertz CT molecular complexity index is 666. The number of nitrogens with zero attached hydrogens (tertiary/aromatic N) is 3. The van der Waals surface area contributed by atoms with Gasteiger partial charge >= 0.3 is 0 Å². The number of hydrogen-bond acceptors (Lipinski definition) is 5. The summed E-state index contributed by atoms with van der Waals surface area (Å²) in [5, 5.41) is 13.1. The third-order valence-corrected chi connectivity index (χ3v) is 3.06. The first-order valence-corrected chi connectivity index (χ1v) is 10.6. The highest BCUT2D eigenvalue weighted by Gasteiger charge is 2.05. The Kier molecular flexibility index (Phi) is 19.5. The van der Waals surface area contributed by atoms with Crippen molar-refractivity contribution in [2.45, 2.75) is 68.0 Å². The molecule has 0 unspecified atom stereocenters. The van der Waals surface area contributed by atoms with Crippen LogP contribution in [-0.2, 0) is 22.7 Å². The van der Waals surface area contributed by atoms with Crippen molar-refractivity contribution in [3.8, 4) is 0 Å². The van der Waals surface area contributed by atoms with Crippen molar-refractivity contribution in [3.63, 3.8) is 0 Å². The zero-order valence-corrected chi connectivity index (χ0v) is 20.0. The van der Waals surface area contributed by atoms with Crippen LogP contribution >= 0.6 is 0 Å². The molecular formula is C23H41N5O2. The zero-order valence-electron chi connectivity index (χ0n) is 20.0. The molecule has 2 N–H and O–H groups in total. The Labute approximate surface area is 182 Å². The summed E-state index contributed by atoms with van der Waals surface area (Å²) < 4.78 is 1.48. The molecule has 0 bridgehead atoms. The molecule has 7 heteroatoms. The monoisotopic (exact) mass is 419 g/mol. The lowest BCUT2D eigenvalue weighted by atomic mass is 10.2. The molecule has 1 heterocycles. The van der Waals surface area contributed by atoms with Gasteiger partial charge in [-0.25, -0.2) is 4.68 Å². The summed E-state index contributed by atoms with van der Waals surface area (Å²) in [6.45, 7) is 15.2. The van der Waals surface area contributed by atoms with Crippen LogP contribution in [0.3, 0.4) is 0 Å². The molecule has 0 saturated carbocycles. The smallest absolute Gasteiger partial charge is 0.234 e. The molecule has 2 aromatic rings. The number of carbonyl (C=O) groups excluding carboxylic acids is 2. The number of aromatic nitrogens is 3. The normalized spacial score (nSPS) is 9.23. The molecule has 1 aromatic carbocycles. The lowest BCUT2D eigenvalue weighted by molar-refractivity contribution is -0.120. The Morgan fingerprint density at radius 3 is 2.10 bits per heavy atom. The summed E-state index contributed by atoms with van der Waals surface area (Å²) >= 11 is 0. The first kappa shape index (κ1) is 29.7. The number of hydrogen-bond donors (Lipinski definition) is 2. The average molecular weight is 420 g/mol. The first-order chi connectivity index (χ1) is 14.3. The first-order valence-electron chi connectivity index (χ1n) is 10.6. The van der Waals surface area contributed by atoms with Crippen molar-refractivity contribution < 1.29 is 9.59 Å². The SMILES string of the molecule is CC.CC(C)C.CCC(=O)Cn1cc(CNC(=O)CNC)nn1.Cc1ccccc1. The number of carbonyl (C=O) groups is 2. The Morgan fingerprint density at radius 1 is 1.10 bits per heavy atom. The maximum absolute atomic E-state index is 11.2. The number of likely N-dealkylation sites (N-methyl/N-ethyl adjacent to an activating group) is 1. The van der Waals surface area contributed by atoms with Crippen LogP contribution in [0.15, 0.2) is 36.5 Å². The molecule has 1 amide bonds. The van der Waals surface area contributed by atoms with Gasteiger partial charge in [0.25, 0.3) is 0 Å². The number of Topliss-reactive ketones (excluding diaryl/α,β-unsaturated/α-hetero) is 1. The lowest BCUT2D eigenvalue weighted by Crippen LogP contribution is -2.31. The van der Waals surface area contributed by atoms with E-state index < -0.39 is 0 Å². The summed E-state index contributed by atoms with van der Waals surface area (Å²) in [5.74, 6) is 0.826. The highest BCUT2D eigenvalue weighted by molar-refractivity contribution is 5.78. The molecule has 0 spiro atoms. The molecule has 2 rings (SSSR count). The fourth-order valence-corrected chi connectivity index (χ4v) is 1.74. The van der Waals surface area contributed by atoms with Crippen molar-refractivity contribution >= 4 is 11.7 Å². The van der Waals surface area contributed by atoms with Crippen LogP contribution in [0.4, 0.5) is 0 Å². The quantitative estimate of drug-likeness (QED) is 0.713.